The van der Waals surface area contributed by atoms with E-state index in [1.165, 1.54) is 52.7 Å². The molecule has 4 heterocycles. The first-order valence-electron chi connectivity index (χ1n) is 17.6. The normalized spacial score (nSPS) is 32.2. The minimum atomic E-state index is -2.10. The Labute approximate surface area is 268 Å². The van der Waals surface area contributed by atoms with Gasteiger partial charge in [0.05, 0.1) is 5.54 Å². The van der Waals surface area contributed by atoms with Gasteiger partial charge < -0.3 is 9.80 Å². The summed E-state index contributed by atoms with van der Waals surface area (Å²) in [6, 6.07) is 15.7. The van der Waals surface area contributed by atoms with Gasteiger partial charge >= 0.3 is 0 Å². The summed E-state index contributed by atoms with van der Waals surface area (Å²) in [5.41, 5.74) is 9.94. The quantitative estimate of drug-likeness (QED) is 0.187. The third kappa shape index (κ3) is 3.00. The Hall–Kier alpha value is -2.82. The molecule has 5 heteroatoms. The van der Waals surface area contributed by atoms with Gasteiger partial charge in [-0.3, -0.25) is 0 Å². The highest BCUT2D eigenvalue weighted by atomic mass is 19.2. The van der Waals surface area contributed by atoms with E-state index in [1.807, 2.05) is 4.90 Å². The molecule has 234 valence electrons. The van der Waals surface area contributed by atoms with Gasteiger partial charge in [0.1, 0.15) is 0 Å². The number of hydrogen-bond donors (Lipinski definition) is 0. The minimum Gasteiger partial charge on any atom is -0.335 e. The highest BCUT2D eigenvalue weighted by Gasteiger charge is 2.70. The summed E-state index contributed by atoms with van der Waals surface area (Å²) in [4.78, 5) is 4.57. The number of hydrogen-bond acceptors (Lipinski definition) is 2. The minimum absolute atomic E-state index is 0.000252. The topological polar surface area (TPSA) is 6.48 Å². The van der Waals surface area contributed by atoms with Gasteiger partial charge in [0, 0.05) is 40.1 Å². The van der Waals surface area contributed by atoms with Crippen LogP contribution in [0.2, 0.25) is 0 Å². The van der Waals surface area contributed by atoms with Gasteiger partial charge in [0.25, 0.3) is 6.71 Å². The van der Waals surface area contributed by atoms with Crippen LogP contribution in [0, 0.1) is 0 Å². The Morgan fingerprint density at radius 3 is 1.82 bits per heavy atom. The molecule has 3 aromatic rings. The summed E-state index contributed by atoms with van der Waals surface area (Å²) in [6.07, 6.45) is 6.60. The van der Waals surface area contributed by atoms with Crippen molar-refractivity contribution in [3.63, 3.8) is 0 Å². The fourth-order valence-electron chi connectivity index (χ4n) is 11.2. The van der Waals surface area contributed by atoms with Crippen molar-refractivity contribution < 1.29 is 8.78 Å². The molecule has 0 spiro atoms. The van der Waals surface area contributed by atoms with Crippen molar-refractivity contribution in [1.29, 1.82) is 0 Å². The number of fused-ring (bicyclic) bond motifs is 10. The average Bonchev–Trinajstić information content (AvgIpc) is 3.33. The smallest absolute Gasteiger partial charge is 0.252 e. The van der Waals surface area contributed by atoms with Crippen LogP contribution in [-0.2, 0) is 21.9 Å². The first-order chi connectivity index (χ1) is 21.1. The lowest BCUT2D eigenvalue weighted by Crippen LogP contribution is -2.66. The highest BCUT2D eigenvalue weighted by molar-refractivity contribution is 7.00. The molecule has 0 N–H and O–H groups in total. The van der Waals surface area contributed by atoms with E-state index in [0.717, 1.165) is 28.8 Å². The third-order valence-corrected chi connectivity index (χ3v) is 13.4. The van der Waals surface area contributed by atoms with E-state index >= 15 is 8.78 Å². The van der Waals surface area contributed by atoms with Crippen LogP contribution in [0.1, 0.15) is 129 Å². The second kappa shape index (κ2) is 8.18. The Morgan fingerprint density at radius 2 is 1.18 bits per heavy atom. The first kappa shape index (κ1) is 28.4. The monoisotopic (exact) mass is 604 g/mol. The molecule has 2 aliphatic carbocycles. The van der Waals surface area contributed by atoms with Crippen LogP contribution in [0.5, 0.6) is 0 Å². The van der Waals surface area contributed by atoms with Crippen LogP contribution in [-0.4, -0.2) is 18.0 Å². The van der Waals surface area contributed by atoms with Crippen molar-refractivity contribution in [3.05, 3.63) is 64.7 Å². The molecule has 4 atom stereocenters. The Bertz CT molecular complexity index is 1710. The summed E-state index contributed by atoms with van der Waals surface area (Å²) in [7, 11) is 0. The highest BCUT2D eigenvalue weighted by Crippen LogP contribution is 2.67. The summed E-state index contributed by atoms with van der Waals surface area (Å²) < 4.78 is 36.0. The van der Waals surface area contributed by atoms with E-state index in [9.17, 15) is 0 Å². The van der Waals surface area contributed by atoms with E-state index in [0.29, 0.717) is 18.4 Å². The van der Waals surface area contributed by atoms with Crippen molar-refractivity contribution in [2.24, 2.45) is 0 Å². The van der Waals surface area contributed by atoms with E-state index in [2.05, 4.69) is 103 Å². The fraction of sp³-hybridized carbons (Fsp3) is 0.550. The number of halogens is 2. The van der Waals surface area contributed by atoms with E-state index in [-0.39, 0.29) is 41.3 Å². The first-order valence-corrected chi connectivity index (χ1v) is 17.6. The SMILES string of the molecule is CC(C)(C)c1ccc2c3c1C1(C)CCCCC1(C)N3c1cccc3c1B2c1ccc(C(C)(C)C)c2c1N3C1(F)CCCCC21F. The number of rotatable bonds is 0. The van der Waals surface area contributed by atoms with Crippen molar-refractivity contribution in [2.75, 3.05) is 9.80 Å². The molecule has 4 aliphatic heterocycles. The molecule has 9 rings (SSSR count). The van der Waals surface area contributed by atoms with Gasteiger partial charge in [-0.25, -0.2) is 8.78 Å². The summed E-state index contributed by atoms with van der Waals surface area (Å²) in [5, 5.41) is 0. The van der Waals surface area contributed by atoms with Gasteiger partial charge in [0.2, 0.25) is 5.79 Å². The van der Waals surface area contributed by atoms with Crippen LogP contribution in [0.15, 0.2) is 42.5 Å². The molecule has 0 bridgehead atoms. The van der Waals surface area contributed by atoms with Crippen LogP contribution in [0.4, 0.5) is 31.5 Å². The summed E-state index contributed by atoms with van der Waals surface area (Å²) in [6.45, 7) is 18.5. The number of alkyl halides is 2. The molecule has 2 saturated carbocycles. The van der Waals surface area contributed by atoms with Gasteiger partial charge in [-0.15, -0.1) is 0 Å². The number of nitrogens with zero attached hydrogens (tertiary/aromatic N) is 2. The molecular formula is C40H47BF2N2. The molecule has 3 aromatic carbocycles. The van der Waals surface area contributed by atoms with E-state index in [1.54, 1.807) is 0 Å². The lowest BCUT2D eigenvalue weighted by atomic mass is 9.33. The molecule has 4 unspecified atom stereocenters. The number of anilines is 4. The van der Waals surface area contributed by atoms with Gasteiger partial charge in [0.15, 0.2) is 5.67 Å². The zero-order valence-corrected chi connectivity index (χ0v) is 28.4. The van der Waals surface area contributed by atoms with Crippen molar-refractivity contribution >= 4 is 45.9 Å². The van der Waals surface area contributed by atoms with Crippen LogP contribution < -0.4 is 26.2 Å². The van der Waals surface area contributed by atoms with Crippen molar-refractivity contribution in [3.8, 4) is 0 Å². The zero-order chi connectivity index (χ0) is 31.7. The second-order valence-corrected chi connectivity index (χ2v) is 17.7. The Balaban J connectivity index is 1.43. The molecular weight excluding hydrogens is 557 g/mol. The van der Waals surface area contributed by atoms with Gasteiger partial charge in [-0.1, -0.05) is 91.6 Å². The molecule has 0 amide bonds. The maximum absolute atomic E-state index is 18.1. The Morgan fingerprint density at radius 1 is 0.644 bits per heavy atom. The van der Waals surface area contributed by atoms with Crippen LogP contribution in [0.25, 0.3) is 0 Å². The zero-order valence-electron chi connectivity index (χ0n) is 28.4. The predicted molar refractivity (Wildman–Crippen MR) is 185 cm³/mol. The second-order valence-electron chi connectivity index (χ2n) is 17.7. The fourth-order valence-corrected chi connectivity index (χ4v) is 11.2. The molecule has 0 saturated heterocycles. The van der Waals surface area contributed by atoms with Crippen LogP contribution >= 0.6 is 0 Å². The van der Waals surface area contributed by atoms with Crippen LogP contribution in [0.3, 0.4) is 0 Å². The molecule has 2 fully saturated rings. The van der Waals surface area contributed by atoms with Gasteiger partial charge in [-0.2, -0.15) is 0 Å². The standard InChI is InChI=1S/C40H47BF2N2/c1-35(2,3)24-16-18-26-33-30(24)37(7)20-9-10-21-38(37,8)44(33)28-14-13-15-29-32(28)41(26)27-19-17-25(36(4,5)6)31-34(27)45(29)40(43)23-12-11-22-39(31,40)42/h13-19H,9-12,20-23H2,1-8H3. The predicted octanol–water partition coefficient (Wildman–Crippen LogP) is 8.72. The molecule has 0 aromatic heterocycles. The number of benzene rings is 3. The van der Waals surface area contributed by atoms with E-state index in [4.69, 9.17) is 0 Å². The lowest BCUT2D eigenvalue weighted by molar-refractivity contribution is -0.0622. The van der Waals surface area contributed by atoms with Crippen molar-refractivity contribution in [1.82, 2.24) is 0 Å². The lowest BCUT2D eigenvalue weighted by Gasteiger charge is -2.53. The summed E-state index contributed by atoms with van der Waals surface area (Å²) in [5.74, 6) is -2.10. The van der Waals surface area contributed by atoms with Gasteiger partial charge in [-0.05, 0) is 95.1 Å². The van der Waals surface area contributed by atoms with E-state index < -0.39 is 11.5 Å². The average molecular weight is 605 g/mol. The maximum atomic E-state index is 18.1. The largest absolute Gasteiger partial charge is 0.335 e. The van der Waals surface area contributed by atoms with Crippen molar-refractivity contribution in [2.45, 2.75) is 140 Å². The molecule has 45 heavy (non-hydrogen) atoms. The molecule has 0 radical (unpaired) electrons. The molecule has 6 aliphatic rings. The molecule has 2 nitrogen and oxygen atoms in total. The third-order valence-electron chi connectivity index (χ3n) is 13.4. The summed E-state index contributed by atoms with van der Waals surface area (Å²) >= 11 is 0. The maximum Gasteiger partial charge on any atom is 0.252 e. The Kier molecular flexibility index (Phi) is 5.16.